The number of carbonyl (C=O) groups excluding carboxylic acids is 1. The van der Waals surface area contributed by atoms with Crippen LogP contribution in [0.4, 0.5) is 0 Å². The predicted molar refractivity (Wildman–Crippen MR) is 81.5 cm³/mol. The van der Waals surface area contributed by atoms with Gasteiger partial charge >= 0.3 is 0 Å². The van der Waals surface area contributed by atoms with Crippen LogP contribution in [-0.4, -0.2) is 36.0 Å². The summed E-state index contributed by atoms with van der Waals surface area (Å²) in [7, 11) is 0. The van der Waals surface area contributed by atoms with E-state index in [-0.39, 0.29) is 6.04 Å². The van der Waals surface area contributed by atoms with Crippen LogP contribution in [0.2, 0.25) is 0 Å². The molecule has 3 heteroatoms. The van der Waals surface area contributed by atoms with Crippen molar-refractivity contribution < 1.29 is 4.79 Å². The Bertz CT molecular complexity index is 340. The Morgan fingerprint density at radius 1 is 1.15 bits per heavy atom. The van der Waals surface area contributed by atoms with E-state index in [1.54, 1.807) is 0 Å². The molecule has 2 aliphatic carbocycles. The quantitative estimate of drug-likeness (QED) is 0.838. The van der Waals surface area contributed by atoms with E-state index in [1.165, 1.54) is 51.4 Å². The molecule has 114 valence electrons. The summed E-state index contributed by atoms with van der Waals surface area (Å²) in [4.78, 5) is 14.6. The molecule has 2 saturated carbocycles. The molecule has 3 fully saturated rings. The van der Waals surface area contributed by atoms with Crippen LogP contribution in [0.3, 0.4) is 0 Å². The van der Waals surface area contributed by atoms with Gasteiger partial charge in [-0.05, 0) is 50.4 Å². The van der Waals surface area contributed by atoms with Gasteiger partial charge in [0.25, 0.3) is 0 Å². The third-order valence-electron chi connectivity index (χ3n) is 5.40. The van der Waals surface area contributed by atoms with Gasteiger partial charge in [-0.2, -0.15) is 0 Å². The van der Waals surface area contributed by atoms with Crippen LogP contribution in [0.5, 0.6) is 0 Å². The van der Waals surface area contributed by atoms with Gasteiger partial charge in [-0.1, -0.05) is 26.2 Å². The standard InChI is InChI=1S/C17H30N2O/c1-13-4-2-5-14(12-13)9-11-19-10-3-6-16(17(19)20)18-15-7-8-15/h13-16,18H,2-12H2,1H3. The van der Waals surface area contributed by atoms with Gasteiger partial charge in [0.1, 0.15) is 0 Å². The number of hydrogen-bond acceptors (Lipinski definition) is 2. The summed E-state index contributed by atoms with van der Waals surface area (Å²) in [5, 5.41) is 3.53. The van der Waals surface area contributed by atoms with Gasteiger partial charge in [-0.15, -0.1) is 0 Å². The lowest BCUT2D eigenvalue weighted by molar-refractivity contribution is -0.136. The number of likely N-dealkylation sites (tertiary alicyclic amines) is 1. The third-order valence-corrected chi connectivity index (χ3v) is 5.40. The van der Waals surface area contributed by atoms with Gasteiger partial charge in [0.15, 0.2) is 0 Å². The average Bonchev–Trinajstić information content (AvgIpc) is 3.24. The highest BCUT2D eigenvalue weighted by Crippen LogP contribution is 2.31. The molecular weight excluding hydrogens is 248 g/mol. The van der Waals surface area contributed by atoms with Crippen LogP contribution in [0.25, 0.3) is 0 Å². The van der Waals surface area contributed by atoms with Gasteiger partial charge < -0.3 is 10.2 Å². The van der Waals surface area contributed by atoms with E-state index < -0.39 is 0 Å². The summed E-state index contributed by atoms with van der Waals surface area (Å²) < 4.78 is 0. The minimum atomic E-state index is 0.126. The molecule has 3 aliphatic rings. The summed E-state index contributed by atoms with van der Waals surface area (Å²) in [6, 6.07) is 0.768. The highest BCUT2D eigenvalue weighted by molar-refractivity contribution is 5.82. The number of nitrogens with one attached hydrogen (secondary N) is 1. The van der Waals surface area contributed by atoms with E-state index in [1.807, 2.05) is 0 Å². The molecule has 3 rings (SSSR count). The van der Waals surface area contributed by atoms with Crippen molar-refractivity contribution in [1.82, 2.24) is 10.2 Å². The highest BCUT2D eigenvalue weighted by Gasteiger charge is 2.33. The van der Waals surface area contributed by atoms with E-state index in [9.17, 15) is 4.79 Å². The first kappa shape index (κ1) is 14.4. The zero-order valence-corrected chi connectivity index (χ0v) is 12.9. The first-order chi connectivity index (χ1) is 9.72. The second kappa shape index (κ2) is 6.46. The van der Waals surface area contributed by atoms with E-state index in [2.05, 4.69) is 17.1 Å². The molecule has 0 aromatic heterocycles. The zero-order valence-electron chi connectivity index (χ0n) is 12.9. The molecule has 20 heavy (non-hydrogen) atoms. The first-order valence-electron chi connectivity index (χ1n) is 8.77. The zero-order chi connectivity index (χ0) is 13.9. The average molecular weight is 278 g/mol. The Balaban J connectivity index is 1.44. The SMILES string of the molecule is CC1CCCC(CCN2CCCC(NC3CC3)C2=O)C1. The molecule has 1 aliphatic heterocycles. The van der Waals surface area contributed by atoms with Crippen molar-refractivity contribution in [3.05, 3.63) is 0 Å². The van der Waals surface area contributed by atoms with Crippen molar-refractivity contribution in [2.24, 2.45) is 11.8 Å². The highest BCUT2D eigenvalue weighted by atomic mass is 16.2. The van der Waals surface area contributed by atoms with Crippen molar-refractivity contribution in [1.29, 1.82) is 0 Å². The Hall–Kier alpha value is -0.570. The third kappa shape index (κ3) is 3.75. The molecule has 1 heterocycles. The summed E-state index contributed by atoms with van der Waals surface area (Å²) in [6.45, 7) is 4.37. The Kier molecular flexibility index (Phi) is 4.65. The summed E-state index contributed by atoms with van der Waals surface area (Å²) in [5.74, 6) is 2.14. The van der Waals surface area contributed by atoms with Crippen LogP contribution in [0.1, 0.15) is 64.7 Å². The van der Waals surface area contributed by atoms with Crippen LogP contribution in [0, 0.1) is 11.8 Å². The molecule has 0 spiro atoms. The van der Waals surface area contributed by atoms with Crippen LogP contribution in [0.15, 0.2) is 0 Å². The predicted octanol–water partition coefficient (Wildman–Crippen LogP) is 2.95. The molecule has 0 radical (unpaired) electrons. The van der Waals surface area contributed by atoms with Crippen LogP contribution in [-0.2, 0) is 4.79 Å². The molecule has 3 unspecified atom stereocenters. The van der Waals surface area contributed by atoms with Gasteiger partial charge in [0, 0.05) is 19.1 Å². The number of amides is 1. The number of nitrogens with zero attached hydrogens (tertiary/aromatic N) is 1. The van der Waals surface area contributed by atoms with Gasteiger partial charge in [0.2, 0.25) is 5.91 Å². The Morgan fingerprint density at radius 2 is 2.00 bits per heavy atom. The molecule has 1 amide bonds. The normalized spacial score (nSPS) is 35.4. The van der Waals surface area contributed by atoms with E-state index >= 15 is 0 Å². The summed E-state index contributed by atoms with van der Waals surface area (Å²) in [5.41, 5.74) is 0. The van der Waals surface area contributed by atoms with E-state index in [0.717, 1.165) is 31.3 Å². The summed E-state index contributed by atoms with van der Waals surface area (Å²) >= 11 is 0. The number of hydrogen-bond donors (Lipinski definition) is 1. The number of carbonyl (C=O) groups is 1. The maximum atomic E-state index is 12.5. The molecular formula is C17H30N2O. The maximum Gasteiger partial charge on any atom is 0.239 e. The lowest BCUT2D eigenvalue weighted by atomic mass is 9.81. The lowest BCUT2D eigenvalue weighted by Gasteiger charge is -2.35. The molecule has 0 aromatic carbocycles. The topological polar surface area (TPSA) is 32.3 Å². The van der Waals surface area contributed by atoms with Crippen LogP contribution >= 0.6 is 0 Å². The minimum Gasteiger partial charge on any atom is -0.341 e. The lowest BCUT2D eigenvalue weighted by Crippen LogP contribution is -2.51. The fourth-order valence-corrected chi connectivity index (χ4v) is 4.01. The monoisotopic (exact) mass is 278 g/mol. The van der Waals surface area contributed by atoms with Crippen molar-refractivity contribution in [3.63, 3.8) is 0 Å². The van der Waals surface area contributed by atoms with Gasteiger partial charge in [0.05, 0.1) is 6.04 Å². The first-order valence-corrected chi connectivity index (χ1v) is 8.77. The summed E-state index contributed by atoms with van der Waals surface area (Å²) in [6.07, 6.45) is 11.6. The Morgan fingerprint density at radius 3 is 2.75 bits per heavy atom. The number of piperidine rings is 1. The number of rotatable bonds is 5. The van der Waals surface area contributed by atoms with Crippen LogP contribution < -0.4 is 5.32 Å². The molecule has 3 nitrogen and oxygen atoms in total. The second-order valence-corrected chi connectivity index (χ2v) is 7.39. The van der Waals surface area contributed by atoms with Gasteiger partial charge in [-0.25, -0.2) is 0 Å². The molecule has 0 bridgehead atoms. The molecule has 0 aromatic rings. The molecule has 1 saturated heterocycles. The van der Waals surface area contributed by atoms with Crippen molar-refractivity contribution >= 4 is 5.91 Å². The Labute approximate surface area is 123 Å². The van der Waals surface area contributed by atoms with E-state index in [4.69, 9.17) is 0 Å². The van der Waals surface area contributed by atoms with E-state index in [0.29, 0.717) is 11.9 Å². The van der Waals surface area contributed by atoms with Crippen molar-refractivity contribution in [3.8, 4) is 0 Å². The van der Waals surface area contributed by atoms with Crippen molar-refractivity contribution in [2.75, 3.05) is 13.1 Å². The maximum absolute atomic E-state index is 12.5. The van der Waals surface area contributed by atoms with Crippen molar-refractivity contribution in [2.45, 2.75) is 76.8 Å². The largest absolute Gasteiger partial charge is 0.341 e. The fourth-order valence-electron chi connectivity index (χ4n) is 4.01. The minimum absolute atomic E-state index is 0.126. The molecule has 1 N–H and O–H groups in total. The fraction of sp³-hybridized carbons (Fsp3) is 0.941. The smallest absolute Gasteiger partial charge is 0.239 e. The second-order valence-electron chi connectivity index (χ2n) is 7.39. The van der Waals surface area contributed by atoms with Gasteiger partial charge in [-0.3, -0.25) is 4.79 Å². The molecule has 3 atom stereocenters.